The van der Waals surface area contributed by atoms with Crippen LogP contribution < -0.4 is 0 Å². The fourth-order valence-electron chi connectivity index (χ4n) is 6.87. The highest BCUT2D eigenvalue weighted by atomic mass is 19.4. The van der Waals surface area contributed by atoms with Gasteiger partial charge in [-0.25, -0.2) is 0 Å². The Bertz CT molecular complexity index is 970. The van der Waals surface area contributed by atoms with Gasteiger partial charge in [0.15, 0.2) is 0 Å². The summed E-state index contributed by atoms with van der Waals surface area (Å²) in [5, 5.41) is 18.9. The first kappa shape index (κ1) is 19.3. The maximum absolute atomic E-state index is 14.5. The molecule has 0 amide bonds. The molecule has 2 aromatic rings. The number of aliphatic hydroxyl groups is 1. The second-order valence-electron chi connectivity index (χ2n) is 9.31. The monoisotopic (exact) mass is 414 g/mol. The van der Waals surface area contributed by atoms with E-state index in [1.54, 1.807) is 6.20 Å². The van der Waals surface area contributed by atoms with Crippen LogP contribution in [0.2, 0.25) is 0 Å². The number of rotatable bonds is 1. The summed E-state index contributed by atoms with van der Waals surface area (Å²) in [6.45, 7) is 1.45. The van der Waals surface area contributed by atoms with Crippen LogP contribution in [-0.2, 0) is 6.42 Å². The molecule has 5 atom stereocenters. The van der Waals surface area contributed by atoms with Gasteiger partial charge in [0, 0.05) is 10.8 Å². The maximum Gasteiger partial charge on any atom is 0.456 e. The minimum Gasteiger partial charge on any atom is -0.383 e. The molecule has 8 heteroatoms. The Balaban J connectivity index is 1.54. The van der Waals surface area contributed by atoms with E-state index in [1.165, 1.54) is 12.5 Å². The summed E-state index contributed by atoms with van der Waals surface area (Å²) in [6, 6.07) is 4.00. The number of hydrogen-bond acceptors (Lipinski definition) is 2. The van der Waals surface area contributed by atoms with Crippen molar-refractivity contribution in [1.82, 2.24) is 10.2 Å². The molecule has 1 aromatic heterocycles. The highest BCUT2D eigenvalue weighted by Gasteiger charge is 2.78. The summed E-state index contributed by atoms with van der Waals surface area (Å²) < 4.78 is 68.5. The van der Waals surface area contributed by atoms with E-state index in [4.69, 9.17) is 0 Å². The predicted octanol–water partition coefficient (Wildman–Crippen LogP) is 5.35. The summed E-state index contributed by atoms with van der Waals surface area (Å²) >= 11 is 0. The maximum atomic E-state index is 14.5. The SMILES string of the molecule is C[C@]12CCC3c4ccc5[nH]ncc5c4CCC3C1CC[C@@]2(O)C(F)(F)C(F)(F)F. The van der Waals surface area contributed by atoms with Crippen molar-refractivity contribution in [2.45, 2.75) is 69.1 Å². The minimum absolute atomic E-state index is 0.00339. The third kappa shape index (κ3) is 2.24. The lowest BCUT2D eigenvalue weighted by molar-refractivity contribution is -0.362. The van der Waals surface area contributed by atoms with E-state index in [2.05, 4.69) is 10.2 Å². The molecule has 0 radical (unpaired) electrons. The molecule has 0 aliphatic heterocycles. The Morgan fingerprint density at radius 3 is 2.59 bits per heavy atom. The van der Waals surface area contributed by atoms with Crippen molar-refractivity contribution in [2.75, 3.05) is 0 Å². The minimum atomic E-state index is -5.76. The summed E-state index contributed by atoms with van der Waals surface area (Å²) in [4.78, 5) is 0. The molecular weight excluding hydrogens is 391 g/mol. The van der Waals surface area contributed by atoms with Gasteiger partial charge in [-0.1, -0.05) is 13.0 Å². The summed E-state index contributed by atoms with van der Waals surface area (Å²) in [5.41, 5.74) is -1.19. The van der Waals surface area contributed by atoms with Crippen molar-refractivity contribution in [3.63, 3.8) is 0 Å². The number of halogens is 5. The fraction of sp³-hybridized carbons (Fsp3) is 0.667. The van der Waals surface area contributed by atoms with E-state index in [0.29, 0.717) is 6.42 Å². The molecule has 29 heavy (non-hydrogen) atoms. The number of alkyl halides is 5. The van der Waals surface area contributed by atoms with E-state index in [-0.39, 0.29) is 30.6 Å². The number of aromatic amines is 1. The van der Waals surface area contributed by atoms with E-state index in [9.17, 15) is 27.1 Å². The third-order valence-corrected chi connectivity index (χ3v) is 8.36. The average molecular weight is 414 g/mol. The molecular formula is C21H23F5N2O. The molecule has 3 nitrogen and oxygen atoms in total. The molecule has 158 valence electrons. The second kappa shape index (κ2) is 5.71. The zero-order chi connectivity index (χ0) is 20.8. The molecule has 3 unspecified atom stereocenters. The smallest absolute Gasteiger partial charge is 0.383 e. The van der Waals surface area contributed by atoms with Crippen LogP contribution in [0, 0.1) is 17.3 Å². The van der Waals surface area contributed by atoms with Crippen LogP contribution in [0.4, 0.5) is 22.0 Å². The van der Waals surface area contributed by atoms with Gasteiger partial charge in [-0.05, 0) is 73.5 Å². The number of aryl methyl sites for hydroxylation is 1. The first-order valence-corrected chi connectivity index (χ1v) is 10.1. The van der Waals surface area contributed by atoms with Gasteiger partial charge in [-0.15, -0.1) is 0 Å². The number of fused-ring (bicyclic) bond motifs is 7. The Morgan fingerprint density at radius 2 is 1.86 bits per heavy atom. The van der Waals surface area contributed by atoms with Crippen LogP contribution in [-0.4, -0.2) is 33.0 Å². The standard InChI is InChI=1S/C21H23F5N2O/c1-18-8-6-13-11-4-5-17-15(10-27-28-17)12(11)2-3-14(13)16(18)7-9-19(18,29)20(22,23)21(24,25)26/h4-5,10,13-14,16,29H,2-3,6-9H2,1H3,(H,27,28)/t13?,14?,16?,18-,19-/m0/s1. The highest BCUT2D eigenvalue weighted by molar-refractivity contribution is 5.83. The van der Waals surface area contributed by atoms with E-state index >= 15 is 0 Å². The van der Waals surface area contributed by atoms with Crippen molar-refractivity contribution < 1.29 is 27.1 Å². The Hall–Kier alpha value is -1.70. The largest absolute Gasteiger partial charge is 0.456 e. The highest BCUT2D eigenvalue weighted by Crippen LogP contribution is 2.68. The van der Waals surface area contributed by atoms with Crippen molar-refractivity contribution in [3.05, 3.63) is 29.5 Å². The van der Waals surface area contributed by atoms with Gasteiger partial charge < -0.3 is 5.11 Å². The van der Waals surface area contributed by atoms with Crippen molar-refractivity contribution in [1.29, 1.82) is 0 Å². The topological polar surface area (TPSA) is 48.9 Å². The van der Waals surface area contributed by atoms with Crippen molar-refractivity contribution in [3.8, 4) is 0 Å². The summed E-state index contributed by atoms with van der Waals surface area (Å²) in [7, 11) is 0. The number of hydrogen-bond donors (Lipinski definition) is 2. The molecule has 5 rings (SSSR count). The fourth-order valence-corrected chi connectivity index (χ4v) is 6.87. The van der Waals surface area contributed by atoms with Gasteiger partial charge >= 0.3 is 12.1 Å². The van der Waals surface area contributed by atoms with Crippen LogP contribution in [0.25, 0.3) is 10.9 Å². The van der Waals surface area contributed by atoms with E-state index in [1.807, 2.05) is 12.1 Å². The van der Waals surface area contributed by atoms with Gasteiger partial charge in [0.1, 0.15) is 5.60 Å². The Kier molecular flexibility index (Phi) is 3.79. The number of nitrogens with zero attached hydrogens (tertiary/aromatic N) is 1. The average Bonchev–Trinajstić information content (AvgIpc) is 3.24. The molecule has 1 aromatic carbocycles. The molecule has 2 N–H and O–H groups in total. The van der Waals surface area contributed by atoms with E-state index in [0.717, 1.165) is 29.3 Å². The molecule has 2 fully saturated rings. The zero-order valence-electron chi connectivity index (χ0n) is 16.0. The molecule has 2 saturated carbocycles. The Morgan fingerprint density at radius 1 is 1.10 bits per heavy atom. The van der Waals surface area contributed by atoms with Crippen molar-refractivity contribution in [2.24, 2.45) is 17.3 Å². The quantitative estimate of drug-likeness (QED) is 0.619. The lowest BCUT2D eigenvalue weighted by Crippen LogP contribution is -2.65. The first-order chi connectivity index (χ1) is 13.5. The zero-order valence-corrected chi connectivity index (χ0v) is 16.0. The van der Waals surface area contributed by atoms with Crippen molar-refractivity contribution >= 4 is 10.9 Å². The lowest BCUT2D eigenvalue weighted by Gasteiger charge is -2.54. The van der Waals surface area contributed by atoms with Crippen LogP contribution in [0.5, 0.6) is 0 Å². The number of benzene rings is 1. The molecule has 1 heterocycles. The predicted molar refractivity (Wildman–Crippen MR) is 96.7 cm³/mol. The van der Waals surface area contributed by atoms with Crippen LogP contribution in [0.15, 0.2) is 18.3 Å². The number of H-pyrrole nitrogens is 1. The van der Waals surface area contributed by atoms with Gasteiger partial charge in [-0.2, -0.15) is 27.1 Å². The Labute approximate surface area is 164 Å². The molecule has 0 bridgehead atoms. The van der Waals surface area contributed by atoms with Crippen LogP contribution >= 0.6 is 0 Å². The van der Waals surface area contributed by atoms with E-state index < -0.39 is 29.5 Å². The van der Waals surface area contributed by atoms with Gasteiger partial charge in [0.25, 0.3) is 0 Å². The van der Waals surface area contributed by atoms with Crippen LogP contribution in [0.1, 0.15) is 56.1 Å². The number of aromatic nitrogens is 2. The van der Waals surface area contributed by atoms with Gasteiger partial charge in [-0.3, -0.25) is 5.10 Å². The summed E-state index contributed by atoms with van der Waals surface area (Å²) in [5.74, 6) is -5.35. The lowest BCUT2D eigenvalue weighted by atomic mass is 9.52. The second-order valence-corrected chi connectivity index (χ2v) is 9.31. The molecule has 0 saturated heterocycles. The normalized spacial score (nSPS) is 37.3. The first-order valence-electron chi connectivity index (χ1n) is 10.1. The third-order valence-electron chi connectivity index (χ3n) is 8.36. The summed E-state index contributed by atoms with van der Waals surface area (Å²) in [6.07, 6.45) is -2.15. The molecule has 3 aliphatic rings. The van der Waals surface area contributed by atoms with Crippen LogP contribution in [0.3, 0.4) is 0 Å². The molecule has 3 aliphatic carbocycles. The van der Waals surface area contributed by atoms with Gasteiger partial charge in [0.2, 0.25) is 0 Å². The molecule has 0 spiro atoms. The number of nitrogens with one attached hydrogen (secondary N) is 1. The van der Waals surface area contributed by atoms with Gasteiger partial charge in [0.05, 0.1) is 11.7 Å².